The van der Waals surface area contributed by atoms with Crippen molar-refractivity contribution in [3.63, 3.8) is 0 Å². The quantitative estimate of drug-likeness (QED) is 0.794. The van der Waals surface area contributed by atoms with Crippen molar-refractivity contribution in [1.82, 2.24) is 4.72 Å². The largest absolute Gasteiger partial charge is 0.497 e. The number of aryl methyl sites for hydroxylation is 1. The maximum atomic E-state index is 12.8. The van der Waals surface area contributed by atoms with E-state index in [1.54, 1.807) is 31.0 Å². The number of benzene rings is 2. The number of sulfonamides is 1. The van der Waals surface area contributed by atoms with Crippen LogP contribution in [0.1, 0.15) is 31.2 Å². The number of thioether (sulfide) groups is 1. The Morgan fingerprint density at radius 1 is 1.00 bits per heavy atom. The van der Waals surface area contributed by atoms with Crippen LogP contribution in [0.25, 0.3) is 0 Å². The van der Waals surface area contributed by atoms with Crippen molar-refractivity contribution in [3.8, 4) is 5.75 Å². The highest BCUT2D eigenvalue weighted by Gasteiger charge is 2.30. The van der Waals surface area contributed by atoms with Crippen molar-refractivity contribution in [3.05, 3.63) is 54.1 Å². The number of nitrogens with one attached hydrogen (secondary N) is 1. The fourth-order valence-corrected chi connectivity index (χ4v) is 5.88. The fraction of sp³-hybridized carbons (Fsp3) is 0.400. The average Bonchev–Trinajstić information content (AvgIpc) is 2.64. The maximum absolute atomic E-state index is 12.8. The van der Waals surface area contributed by atoms with E-state index >= 15 is 0 Å². The predicted octanol–water partition coefficient (Wildman–Crippen LogP) is 4.39. The second-order valence-corrected chi connectivity index (χ2v) is 9.68. The summed E-state index contributed by atoms with van der Waals surface area (Å²) < 4.78 is 33.7. The predicted molar refractivity (Wildman–Crippen MR) is 106 cm³/mol. The molecule has 0 radical (unpaired) electrons. The molecule has 140 valence electrons. The highest BCUT2D eigenvalue weighted by Crippen LogP contribution is 2.35. The minimum absolute atomic E-state index is 0.0536. The van der Waals surface area contributed by atoms with E-state index in [9.17, 15) is 8.42 Å². The molecule has 0 heterocycles. The Labute approximate surface area is 160 Å². The van der Waals surface area contributed by atoms with E-state index < -0.39 is 10.0 Å². The summed E-state index contributed by atoms with van der Waals surface area (Å²) in [6.45, 7) is 1.95. The fourth-order valence-electron chi connectivity index (χ4n) is 3.19. The standard InChI is InChI=1S/C20H25NO3S2/c1-15-7-13-18(14-8-15)26(22,23)21-19-5-3-4-6-20(19)25-17-11-9-16(24-2)10-12-17/h7-14,19-21H,3-6H2,1-2H3/t19-,20-/m1/s1. The monoisotopic (exact) mass is 391 g/mol. The van der Waals surface area contributed by atoms with Crippen LogP contribution in [-0.2, 0) is 10.0 Å². The van der Waals surface area contributed by atoms with Crippen LogP contribution in [0, 0.1) is 6.92 Å². The lowest BCUT2D eigenvalue weighted by Gasteiger charge is -2.31. The molecule has 1 N–H and O–H groups in total. The lowest BCUT2D eigenvalue weighted by molar-refractivity contribution is 0.414. The van der Waals surface area contributed by atoms with Crippen LogP contribution in [0.2, 0.25) is 0 Å². The van der Waals surface area contributed by atoms with Crippen molar-refractivity contribution in [2.75, 3.05) is 7.11 Å². The van der Waals surface area contributed by atoms with Gasteiger partial charge >= 0.3 is 0 Å². The highest BCUT2D eigenvalue weighted by molar-refractivity contribution is 8.00. The van der Waals surface area contributed by atoms with Crippen LogP contribution >= 0.6 is 11.8 Å². The average molecular weight is 392 g/mol. The third kappa shape index (κ3) is 4.81. The van der Waals surface area contributed by atoms with Crippen LogP contribution in [0.3, 0.4) is 0 Å². The summed E-state index contributed by atoms with van der Waals surface area (Å²) in [6, 6.07) is 14.9. The van der Waals surface area contributed by atoms with Crippen LogP contribution < -0.4 is 9.46 Å². The van der Waals surface area contributed by atoms with Gasteiger partial charge in [0.05, 0.1) is 12.0 Å². The molecule has 1 aliphatic carbocycles. The van der Waals surface area contributed by atoms with Gasteiger partial charge in [0, 0.05) is 16.2 Å². The molecule has 1 saturated carbocycles. The third-order valence-electron chi connectivity index (χ3n) is 4.69. The summed E-state index contributed by atoms with van der Waals surface area (Å²) in [4.78, 5) is 1.47. The van der Waals surface area contributed by atoms with Gasteiger partial charge in [-0.25, -0.2) is 13.1 Å². The van der Waals surface area contributed by atoms with Crippen molar-refractivity contribution in [1.29, 1.82) is 0 Å². The van der Waals surface area contributed by atoms with Gasteiger partial charge in [-0.3, -0.25) is 0 Å². The molecule has 0 aliphatic heterocycles. The Balaban J connectivity index is 1.72. The van der Waals surface area contributed by atoms with E-state index in [0.29, 0.717) is 4.90 Å². The topological polar surface area (TPSA) is 55.4 Å². The van der Waals surface area contributed by atoms with Crippen LogP contribution in [0.4, 0.5) is 0 Å². The highest BCUT2D eigenvalue weighted by atomic mass is 32.2. The van der Waals surface area contributed by atoms with E-state index in [4.69, 9.17) is 4.74 Å². The zero-order chi connectivity index (χ0) is 18.6. The molecule has 1 fully saturated rings. The molecule has 0 unspecified atom stereocenters. The molecule has 0 saturated heterocycles. The minimum atomic E-state index is -3.50. The molecule has 2 atom stereocenters. The molecule has 26 heavy (non-hydrogen) atoms. The molecule has 6 heteroatoms. The van der Waals surface area contributed by atoms with Crippen LogP contribution in [0.15, 0.2) is 58.3 Å². The summed E-state index contributed by atoms with van der Waals surface area (Å²) >= 11 is 1.75. The van der Waals surface area contributed by atoms with Crippen molar-refractivity contribution < 1.29 is 13.2 Å². The Hall–Kier alpha value is -1.50. The van der Waals surface area contributed by atoms with E-state index in [1.807, 2.05) is 43.3 Å². The summed E-state index contributed by atoms with van der Waals surface area (Å²) in [5, 5.41) is 0.234. The Morgan fingerprint density at radius 2 is 1.65 bits per heavy atom. The van der Waals surface area contributed by atoms with Gasteiger partial charge in [0.15, 0.2) is 0 Å². The summed E-state index contributed by atoms with van der Waals surface area (Å²) in [6.07, 6.45) is 4.08. The molecule has 0 amide bonds. The van der Waals surface area contributed by atoms with Gasteiger partial charge in [-0.05, 0) is 56.2 Å². The summed E-state index contributed by atoms with van der Waals surface area (Å²) in [7, 11) is -1.84. The zero-order valence-corrected chi connectivity index (χ0v) is 16.8. The first-order chi connectivity index (χ1) is 12.5. The van der Waals surface area contributed by atoms with Crippen molar-refractivity contribution in [2.24, 2.45) is 0 Å². The van der Waals surface area contributed by atoms with Gasteiger partial charge in [-0.1, -0.05) is 30.5 Å². The SMILES string of the molecule is COc1ccc(S[C@@H]2CCCC[C@H]2NS(=O)(=O)c2ccc(C)cc2)cc1. The van der Waals surface area contributed by atoms with Gasteiger partial charge in [0.1, 0.15) is 5.75 Å². The van der Waals surface area contributed by atoms with Gasteiger partial charge in [-0.2, -0.15) is 0 Å². The van der Waals surface area contributed by atoms with E-state index in [1.165, 1.54) is 0 Å². The molecule has 2 aromatic rings. The van der Waals surface area contributed by atoms with Crippen molar-refractivity contribution in [2.45, 2.75) is 53.7 Å². The molecule has 0 spiro atoms. The third-order valence-corrected chi connectivity index (χ3v) is 7.60. The Morgan fingerprint density at radius 3 is 2.31 bits per heavy atom. The first-order valence-corrected chi connectivity index (χ1v) is 11.2. The minimum Gasteiger partial charge on any atom is -0.497 e. The van der Waals surface area contributed by atoms with Gasteiger partial charge in [0.25, 0.3) is 0 Å². The first-order valence-electron chi connectivity index (χ1n) is 8.88. The smallest absolute Gasteiger partial charge is 0.240 e. The van der Waals surface area contributed by atoms with Gasteiger partial charge < -0.3 is 4.74 Å². The van der Waals surface area contributed by atoms with Crippen molar-refractivity contribution >= 4 is 21.8 Å². The van der Waals surface area contributed by atoms with E-state index in [0.717, 1.165) is 41.9 Å². The second kappa shape index (κ2) is 8.46. The number of ether oxygens (including phenoxy) is 1. The van der Waals surface area contributed by atoms with Crippen LogP contribution in [-0.4, -0.2) is 26.8 Å². The first kappa shape index (κ1) is 19.3. The number of rotatable bonds is 6. The Bertz CT molecular complexity index is 817. The normalized spacial score (nSPS) is 20.7. The summed E-state index contributed by atoms with van der Waals surface area (Å²) in [5.74, 6) is 0.828. The summed E-state index contributed by atoms with van der Waals surface area (Å²) in [5.41, 5.74) is 1.05. The lowest BCUT2D eigenvalue weighted by atomic mass is 9.96. The van der Waals surface area contributed by atoms with E-state index in [2.05, 4.69) is 4.72 Å². The number of hydrogen-bond acceptors (Lipinski definition) is 4. The van der Waals surface area contributed by atoms with Gasteiger partial charge in [-0.15, -0.1) is 11.8 Å². The number of methoxy groups -OCH3 is 1. The molecule has 4 nitrogen and oxygen atoms in total. The molecule has 1 aliphatic rings. The maximum Gasteiger partial charge on any atom is 0.240 e. The molecular weight excluding hydrogens is 366 g/mol. The van der Waals surface area contributed by atoms with Crippen LogP contribution in [0.5, 0.6) is 5.75 Å². The van der Waals surface area contributed by atoms with Gasteiger partial charge in [0.2, 0.25) is 10.0 Å². The molecule has 0 aromatic heterocycles. The Kier molecular flexibility index (Phi) is 6.27. The van der Waals surface area contributed by atoms with E-state index in [-0.39, 0.29) is 11.3 Å². The molecule has 3 rings (SSSR count). The molecular formula is C20H25NO3S2. The lowest BCUT2D eigenvalue weighted by Crippen LogP contribution is -2.43. The number of hydrogen-bond donors (Lipinski definition) is 1. The second-order valence-electron chi connectivity index (χ2n) is 6.66. The molecule has 0 bridgehead atoms. The zero-order valence-electron chi connectivity index (χ0n) is 15.1. The molecule has 2 aromatic carbocycles.